The van der Waals surface area contributed by atoms with Gasteiger partial charge in [0.05, 0.1) is 19.7 Å². The molecule has 0 radical (unpaired) electrons. The zero-order chi connectivity index (χ0) is 20.8. The Kier molecular flexibility index (Phi) is 7.03. The first-order valence-electron chi connectivity index (χ1n) is 9.66. The molecule has 29 heavy (non-hydrogen) atoms. The van der Waals surface area contributed by atoms with Crippen molar-refractivity contribution in [2.75, 3.05) is 33.8 Å². The van der Waals surface area contributed by atoms with E-state index in [1.807, 2.05) is 24.3 Å². The molecule has 9 heteroatoms. The van der Waals surface area contributed by atoms with Crippen molar-refractivity contribution in [1.29, 1.82) is 0 Å². The highest BCUT2D eigenvalue weighted by Crippen LogP contribution is 2.26. The second-order valence-electron chi connectivity index (χ2n) is 7.10. The Hall–Kier alpha value is -2.68. The fraction of sp³-hybridized carbons (Fsp3) is 0.500. The van der Waals surface area contributed by atoms with E-state index < -0.39 is 6.55 Å². The number of urea groups is 1. The smallest absolute Gasteiger partial charge is 0.319 e. The van der Waals surface area contributed by atoms with Gasteiger partial charge in [-0.15, -0.1) is 0 Å². The maximum Gasteiger partial charge on any atom is 0.319 e. The van der Waals surface area contributed by atoms with E-state index in [2.05, 4.69) is 15.2 Å². The molecule has 1 aliphatic rings. The van der Waals surface area contributed by atoms with E-state index in [1.165, 1.54) is 17.3 Å². The third kappa shape index (κ3) is 5.23. The van der Waals surface area contributed by atoms with E-state index in [0.29, 0.717) is 6.54 Å². The number of hydrogen-bond donors (Lipinski definition) is 1. The van der Waals surface area contributed by atoms with Gasteiger partial charge in [-0.1, -0.05) is 12.1 Å². The number of ether oxygens (including phenoxy) is 1. The molecule has 3 rings (SSSR count). The molecule has 0 aliphatic carbocycles. The summed E-state index contributed by atoms with van der Waals surface area (Å²) in [5.74, 6) is 0.927. The Labute approximate surface area is 169 Å². The molecule has 1 aromatic carbocycles. The Balaban J connectivity index is 1.63. The summed E-state index contributed by atoms with van der Waals surface area (Å²) in [6, 6.07) is 7.57. The molecule has 1 unspecified atom stereocenters. The molecule has 1 aliphatic heterocycles. The zero-order valence-electron chi connectivity index (χ0n) is 16.7. The summed E-state index contributed by atoms with van der Waals surface area (Å²) in [5, 5.41) is 2.94. The summed E-state index contributed by atoms with van der Waals surface area (Å²) < 4.78 is 31.9. The largest absolute Gasteiger partial charge is 0.497 e. The number of hydrogen-bond acceptors (Lipinski definition) is 4. The Morgan fingerprint density at radius 2 is 1.97 bits per heavy atom. The molecule has 2 amide bonds. The van der Waals surface area contributed by atoms with Gasteiger partial charge >= 0.3 is 12.6 Å². The summed E-state index contributed by atoms with van der Waals surface area (Å²) in [7, 11) is 3.19. The maximum atomic E-state index is 13.0. The van der Waals surface area contributed by atoms with Gasteiger partial charge in [0, 0.05) is 26.0 Å². The summed E-state index contributed by atoms with van der Waals surface area (Å²) >= 11 is 0. The average molecular weight is 407 g/mol. The Bertz CT molecular complexity index is 790. The number of likely N-dealkylation sites (tertiary alicyclic amines) is 1. The number of rotatable bonds is 8. The van der Waals surface area contributed by atoms with Crippen molar-refractivity contribution >= 4 is 6.03 Å². The van der Waals surface area contributed by atoms with E-state index in [1.54, 1.807) is 14.2 Å². The molecule has 1 atom stereocenters. The normalized spacial score (nSPS) is 15.5. The average Bonchev–Trinajstić information content (AvgIpc) is 3.40. The molecule has 2 aromatic rings. The van der Waals surface area contributed by atoms with Gasteiger partial charge in [0.25, 0.3) is 0 Å². The molecule has 0 saturated carbocycles. The minimum absolute atomic E-state index is 0.0000894. The van der Waals surface area contributed by atoms with Crippen LogP contribution in [0, 0.1) is 0 Å². The lowest BCUT2D eigenvalue weighted by Gasteiger charge is -2.29. The number of amides is 2. The molecule has 0 spiro atoms. The number of halogens is 2. The van der Waals surface area contributed by atoms with Gasteiger partial charge < -0.3 is 15.0 Å². The van der Waals surface area contributed by atoms with Crippen LogP contribution in [0.5, 0.6) is 5.75 Å². The van der Waals surface area contributed by atoms with E-state index >= 15 is 0 Å². The van der Waals surface area contributed by atoms with Crippen molar-refractivity contribution in [3.63, 3.8) is 0 Å². The third-order valence-electron chi connectivity index (χ3n) is 5.21. The quantitative estimate of drug-likeness (QED) is 0.730. The maximum absolute atomic E-state index is 13.0. The van der Waals surface area contributed by atoms with Gasteiger partial charge in [-0.25, -0.2) is 9.78 Å². The van der Waals surface area contributed by atoms with Crippen LogP contribution in [0.25, 0.3) is 0 Å². The number of carbonyl (C=O) groups is 1. The molecule has 1 saturated heterocycles. The van der Waals surface area contributed by atoms with Crippen LogP contribution in [0.4, 0.5) is 13.6 Å². The lowest BCUT2D eigenvalue weighted by molar-refractivity contribution is 0.0650. The van der Waals surface area contributed by atoms with Crippen LogP contribution < -0.4 is 10.1 Å². The first kappa shape index (κ1) is 21.0. The van der Waals surface area contributed by atoms with Crippen LogP contribution in [-0.4, -0.2) is 59.2 Å². The minimum Gasteiger partial charge on any atom is -0.497 e. The zero-order valence-corrected chi connectivity index (χ0v) is 16.7. The first-order chi connectivity index (χ1) is 14.0. The van der Waals surface area contributed by atoms with Crippen molar-refractivity contribution in [2.24, 2.45) is 0 Å². The lowest BCUT2D eigenvalue weighted by Crippen LogP contribution is -2.42. The second kappa shape index (κ2) is 9.69. The number of nitrogens with zero attached hydrogens (tertiary/aromatic N) is 4. The van der Waals surface area contributed by atoms with Gasteiger partial charge in [0.15, 0.2) is 0 Å². The van der Waals surface area contributed by atoms with Crippen LogP contribution >= 0.6 is 0 Å². The standard InChI is InChI=1S/C20H27F2N5O2/c1-25(14-18-23-9-12-27(18)19(21)22)20(28)24-13-17(26-10-3-4-11-26)15-5-7-16(29-2)8-6-15/h5-9,12,17,19H,3-4,10-11,13-14H2,1-2H3,(H,24,28). The number of carbonyl (C=O) groups excluding carboxylic acids is 1. The number of benzene rings is 1. The van der Waals surface area contributed by atoms with Crippen LogP contribution in [0.2, 0.25) is 0 Å². The lowest BCUT2D eigenvalue weighted by atomic mass is 10.1. The van der Waals surface area contributed by atoms with Crippen molar-refractivity contribution in [3.05, 3.63) is 48.0 Å². The number of alkyl halides is 2. The molecule has 1 fully saturated rings. The molecule has 1 N–H and O–H groups in total. The van der Waals surface area contributed by atoms with Gasteiger partial charge in [-0.05, 0) is 43.6 Å². The SMILES string of the molecule is COc1ccc(C(CNC(=O)N(C)Cc2nccn2C(F)F)N2CCCC2)cc1. The van der Waals surface area contributed by atoms with E-state index in [4.69, 9.17) is 4.74 Å². The molecule has 158 valence electrons. The predicted molar refractivity (Wildman–Crippen MR) is 105 cm³/mol. The highest BCUT2D eigenvalue weighted by Gasteiger charge is 2.25. The van der Waals surface area contributed by atoms with Crippen molar-refractivity contribution in [1.82, 2.24) is 24.7 Å². The number of aromatic nitrogens is 2. The van der Waals surface area contributed by atoms with Gasteiger partial charge in [-0.2, -0.15) is 8.78 Å². The Morgan fingerprint density at radius 3 is 2.59 bits per heavy atom. The molecule has 1 aromatic heterocycles. The van der Waals surface area contributed by atoms with Crippen LogP contribution in [-0.2, 0) is 6.54 Å². The molecular formula is C20H27F2N5O2. The summed E-state index contributed by atoms with van der Waals surface area (Å²) in [6.07, 6.45) is 4.78. The van der Waals surface area contributed by atoms with Crippen molar-refractivity contribution < 1.29 is 18.3 Å². The predicted octanol–water partition coefficient (Wildman–Crippen LogP) is 3.27. The molecule has 7 nitrogen and oxygen atoms in total. The Morgan fingerprint density at radius 1 is 1.28 bits per heavy atom. The number of imidazole rings is 1. The highest BCUT2D eigenvalue weighted by molar-refractivity contribution is 5.73. The van der Waals surface area contributed by atoms with Crippen molar-refractivity contribution in [3.8, 4) is 5.75 Å². The minimum atomic E-state index is -2.68. The summed E-state index contributed by atoms with van der Waals surface area (Å²) in [4.78, 5) is 20.2. The highest BCUT2D eigenvalue weighted by atomic mass is 19.3. The molecular weight excluding hydrogens is 380 g/mol. The summed E-state index contributed by atoms with van der Waals surface area (Å²) in [6.45, 7) is -0.292. The molecule has 0 bridgehead atoms. The van der Waals surface area contributed by atoms with Crippen LogP contribution in [0.15, 0.2) is 36.7 Å². The summed E-state index contributed by atoms with van der Waals surface area (Å²) in [5.41, 5.74) is 1.10. The van der Waals surface area contributed by atoms with Crippen molar-refractivity contribution in [2.45, 2.75) is 32.0 Å². The topological polar surface area (TPSA) is 62.6 Å². The van der Waals surface area contributed by atoms with Crippen LogP contribution in [0.1, 0.15) is 36.8 Å². The van der Waals surface area contributed by atoms with Gasteiger partial charge in [0.2, 0.25) is 0 Å². The fourth-order valence-electron chi connectivity index (χ4n) is 3.58. The van der Waals surface area contributed by atoms with Gasteiger partial charge in [-0.3, -0.25) is 9.47 Å². The fourth-order valence-corrected chi connectivity index (χ4v) is 3.58. The monoisotopic (exact) mass is 407 g/mol. The first-order valence-corrected chi connectivity index (χ1v) is 9.66. The van der Waals surface area contributed by atoms with Gasteiger partial charge in [0.1, 0.15) is 11.6 Å². The van der Waals surface area contributed by atoms with E-state index in [9.17, 15) is 13.6 Å². The second-order valence-corrected chi connectivity index (χ2v) is 7.10. The van der Waals surface area contributed by atoms with Crippen LogP contribution in [0.3, 0.4) is 0 Å². The number of methoxy groups -OCH3 is 1. The van der Waals surface area contributed by atoms with E-state index in [0.717, 1.165) is 41.8 Å². The number of nitrogens with one attached hydrogen (secondary N) is 1. The third-order valence-corrected chi connectivity index (χ3v) is 5.21. The molecule has 2 heterocycles. The van der Waals surface area contributed by atoms with E-state index in [-0.39, 0.29) is 24.4 Å².